The first-order valence-electron chi connectivity index (χ1n) is 9.62. The Balaban J connectivity index is 1.63. The second kappa shape index (κ2) is 10.2. The van der Waals surface area contributed by atoms with Crippen molar-refractivity contribution >= 4 is 11.6 Å². The van der Waals surface area contributed by atoms with E-state index in [1.165, 1.54) is 75.5 Å². The van der Waals surface area contributed by atoms with Crippen molar-refractivity contribution in [1.82, 2.24) is 0 Å². The van der Waals surface area contributed by atoms with E-state index >= 15 is 0 Å². The molecule has 0 heterocycles. The van der Waals surface area contributed by atoms with Crippen LogP contribution in [0.1, 0.15) is 97.4 Å². The average molecular weight is 326 g/mol. The molecule has 0 atom stereocenters. The molecule has 0 fully saturated rings. The molecule has 130 valence electrons. The zero-order valence-electron chi connectivity index (χ0n) is 15.0. The maximum absolute atomic E-state index is 11.9. The number of carbonyl (C=O) groups is 2. The largest absolute Gasteiger partial charge is 0.289 e. The van der Waals surface area contributed by atoms with Gasteiger partial charge in [-0.25, -0.2) is 0 Å². The zero-order chi connectivity index (χ0) is 17.2. The molecule has 0 saturated carbocycles. The summed E-state index contributed by atoms with van der Waals surface area (Å²) in [6.45, 7) is 2.26. The predicted octanol–water partition coefficient (Wildman–Crippen LogP) is 6.09. The van der Waals surface area contributed by atoms with E-state index in [4.69, 9.17) is 0 Å². The number of hydrogen-bond acceptors (Lipinski definition) is 2. The summed E-state index contributed by atoms with van der Waals surface area (Å²) in [5.74, 6) is -0.107. The van der Waals surface area contributed by atoms with Crippen molar-refractivity contribution in [3.05, 3.63) is 47.0 Å². The molecule has 24 heavy (non-hydrogen) atoms. The van der Waals surface area contributed by atoms with Gasteiger partial charge in [0.2, 0.25) is 0 Å². The molecule has 0 bridgehead atoms. The minimum Gasteiger partial charge on any atom is -0.289 e. The molecule has 0 radical (unpaired) electrons. The van der Waals surface area contributed by atoms with Gasteiger partial charge in [0.05, 0.1) is 0 Å². The fraction of sp³-hybridized carbons (Fsp3) is 0.545. The van der Waals surface area contributed by atoms with Crippen molar-refractivity contribution in [3.8, 4) is 0 Å². The normalized spacial score (nSPS) is 13.4. The van der Waals surface area contributed by atoms with E-state index < -0.39 is 0 Å². The second-order valence-electron chi connectivity index (χ2n) is 6.87. The fourth-order valence-corrected chi connectivity index (χ4v) is 3.31. The van der Waals surface area contributed by atoms with Crippen LogP contribution in [0.4, 0.5) is 0 Å². The Labute approximate surface area is 146 Å². The van der Waals surface area contributed by atoms with Crippen LogP contribution in [0.5, 0.6) is 0 Å². The number of unbranched alkanes of at least 4 members (excludes halogenated alkanes) is 9. The number of fused-ring (bicyclic) bond motifs is 1. The summed E-state index contributed by atoms with van der Waals surface area (Å²) in [5.41, 5.74) is 2.30. The molecule has 0 N–H and O–H groups in total. The van der Waals surface area contributed by atoms with Gasteiger partial charge < -0.3 is 0 Å². The van der Waals surface area contributed by atoms with Gasteiger partial charge in [-0.1, -0.05) is 76.8 Å². The summed E-state index contributed by atoms with van der Waals surface area (Å²) >= 11 is 0. The summed E-state index contributed by atoms with van der Waals surface area (Å²) in [6, 6.07) is 5.72. The van der Waals surface area contributed by atoms with Gasteiger partial charge in [0.1, 0.15) is 0 Å². The van der Waals surface area contributed by atoms with Crippen LogP contribution >= 0.6 is 0 Å². The maximum atomic E-state index is 11.9. The molecule has 0 saturated heterocycles. The first-order valence-corrected chi connectivity index (χ1v) is 9.62. The van der Waals surface area contributed by atoms with Crippen molar-refractivity contribution in [1.29, 1.82) is 0 Å². The summed E-state index contributed by atoms with van der Waals surface area (Å²) in [4.78, 5) is 23.6. The van der Waals surface area contributed by atoms with Crippen molar-refractivity contribution in [2.24, 2.45) is 0 Å². The molecule has 0 aliphatic heterocycles. The molecular formula is C22H30O2. The highest BCUT2D eigenvalue weighted by Gasteiger charge is 2.18. The molecule has 0 unspecified atom stereocenters. The van der Waals surface area contributed by atoms with E-state index in [1.807, 2.05) is 18.2 Å². The first-order chi connectivity index (χ1) is 11.7. The number of benzene rings is 1. The van der Waals surface area contributed by atoms with Gasteiger partial charge >= 0.3 is 0 Å². The number of aryl methyl sites for hydroxylation is 1. The third-order valence-electron chi connectivity index (χ3n) is 4.82. The molecular weight excluding hydrogens is 296 g/mol. The van der Waals surface area contributed by atoms with Gasteiger partial charge in [0, 0.05) is 11.1 Å². The first kappa shape index (κ1) is 18.6. The monoisotopic (exact) mass is 326 g/mol. The molecule has 1 aromatic rings. The molecule has 1 aromatic carbocycles. The predicted molar refractivity (Wildman–Crippen MR) is 99.8 cm³/mol. The van der Waals surface area contributed by atoms with Crippen LogP contribution in [-0.4, -0.2) is 11.6 Å². The van der Waals surface area contributed by atoms with E-state index in [0.717, 1.165) is 12.8 Å². The molecule has 2 rings (SSSR count). The number of allylic oxidation sites excluding steroid dienone is 2. The Morgan fingerprint density at radius 3 is 1.83 bits per heavy atom. The van der Waals surface area contributed by atoms with Gasteiger partial charge in [0.15, 0.2) is 11.6 Å². The fourth-order valence-electron chi connectivity index (χ4n) is 3.31. The zero-order valence-corrected chi connectivity index (χ0v) is 15.0. The Bertz CT molecular complexity index is 584. The number of carbonyl (C=O) groups excluding carboxylic acids is 2. The van der Waals surface area contributed by atoms with Gasteiger partial charge in [-0.15, -0.1) is 0 Å². The van der Waals surface area contributed by atoms with E-state index in [-0.39, 0.29) is 11.6 Å². The van der Waals surface area contributed by atoms with Crippen molar-refractivity contribution in [2.75, 3.05) is 0 Å². The molecule has 1 aliphatic carbocycles. The summed E-state index contributed by atoms with van der Waals surface area (Å²) in [5, 5.41) is 0. The van der Waals surface area contributed by atoms with Crippen LogP contribution in [0.3, 0.4) is 0 Å². The summed E-state index contributed by atoms with van der Waals surface area (Å²) < 4.78 is 0. The second-order valence-corrected chi connectivity index (χ2v) is 6.87. The Kier molecular flexibility index (Phi) is 7.94. The van der Waals surface area contributed by atoms with Crippen LogP contribution in [0.2, 0.25) is 0 Å². The lowest BCUT2D eigenvalue weighted by molar-refractivity contribution is 0.0994. The highest BCUT2D eigenvalue weighted by molar-refractivity contribution is 6.22. The van der Waals surface area contributed by atoms with E-state index in [9.17, 15) is 9.59 Å². The van der Waals surface area contributed by atoms with E-state index in [1.54, 1.807) is 0 Å². The molecule has 0 spiro atoms. The van der Waals surface area contributed by atoms with Crippen LogP contribution in [0.15, 0.2) is 30.4 Å². The molecule has 2 nitrogen and oxygen atoms in total. The van der Waals surface area contributed by atoms with Gasteiger partial charge in [-0.05, 0) is 36.6 Å². The topological polar surface area (TPSA) is 34.1 Å². The minimum absolute atomic E-state index is 0.0467. The smallest absolute Gasteiger partial charge is 0.186 e. The molecule has 0 amide bonds. The van der Waals surface area contributed by atoms with Crippen molar-refractivity contribution < 1.29 is 9.59 Å². The highest BCUT2D eigenvalue weighted by Crippen LogP contribution is 2.20. The lowest BCUT2D eigenvalue weighted by atomic mass is 9.92. The van der Waals surface area contributed by atoms with Crippen molar-refractivity contribution in [3.63, 3.8) is 0 Å². The lowest BCUT2D eigenvalue weighted by Crippen LogP contribution is -2.11. The molecule has 2 heteroatoms. The van der Waals surface area contributed by atoms with Crippen LogP contribution in [0.25, 0.3) is 0 Å². The van der Waals surface area contributed by atoms with Crippen LogP contribution < -0.4 is 0 Å². The van der Waals surface area contributed by atoms with Gasteiger partial charge in [-0.3, -0.25) is 9.59 Å². The minimum atomic E-state index is -0.0601. The number of rotatable bonds is 11. The maximum Gasteiger partial charge on any atom is 0.186 e. The Morgan fingerprint density at radius 2 is 1.21 bits per heavy atom. The number of hydrogen-bond donors (Lipinski definition) is 0. The third-order valence-corrected chi connectivity index (χ3v) is 4.82. The van der Waals surface area contributed by atoms with Gasteiger partial charge in [0.25, 0.3) is 0 Å². The van der Waals surface area contributed by atoms with E-state index in [2.05, 4.69) is 6.92 Å². The van der Waals surface area contributed by atoms with Crippen LogP contribution in [-0.2, 0) is 6.42 Å². The van der Waals surface area contributed by atoms with Gasteiger partial charge in [-0.2, -0.15) is 0 Å². The SMILES string of the molecule is CCCCCCCCCCCCc1ccc2c(c1)C(=O)C=CC2=O. The number of ketones is 2. The average Bonchev–Trinajstić information content (AvgIpc) is 2.60. The summed E-state index contributed by atoms with van der Waals surface area (Å²) in [7, 11) is 0. The van der Waals surface area contributed by atoms with Crippen molar-refractivity contribution in [2.45, 2.75) is 77.6 Å². The highest BCUT2D eigenvalue weighted by atomic mass is 16.1. The van der Waals surface area contributed by atoms with Crippen LogP contribution in [0, 0.1) is 0 Å². The van der Waals surface area contributed by atoms with E-state index in [0.29, 0.717) is 11.1 Å². The molecule has 0 aromatic heterocycles. The summed E-state index contributed by atoms with van der Waals surface area (Å²) in [6.07, 6.45) is 17.0. The Hall–Kier alpha value is -1.70. The Morgan fingerprint density at radius 1 is 0.667 bits per heavy atom. The molecule has 1 aliphatic rings. The quantitative estimate of drug-likeness (QED) is 0.461. The third kappa shape index (κ3) is 5.74. The standard InChI is InChI=1S/C22H30O2/c1-2-3-4-5-6-7-8-9-10-11-12-18-13-14-19-20(17-18)22(24)16-15-21(19)23/h13-17H,2-12H2,1H3. The lowest BCUT2D eigenvalue weighted by Gasteiger charge is -2.11.